The summed E-state index contributed by atoms with van der Waals surface area (Å²) in [6.07, 6.45) is -1.30. The Morgan fingerprint density at radius 2 is 1.53 bits per heavy atom. The molecule has 0 spiro atoms. The number of ether oxygens (including phenoxy) is 1. The minimum atomic E-state index is -1.30. The molecule has 2 rings (SSSR count). The quantitative estimate of drug-likeness (QED) is 0.674. The zero-order chi connectivity index (χ0) is 13.7. The first kappa shape index (κ1) is 13.1. The van der Waals surface area contributed by atoms with Gasteiger partial charge in [0.2, 0.25) is 0 Å². The largest absolute Gasteiger partial charge is 0.424 e. The highest BCUT2D eigenvalue weighted by Crippen LogP contribution is 2.19. The predicted molar refractivity (Wildman–Crippen MR) is 73.0 cm³/mol. The first-order valence-electron chi connectivity index (χ1n) is 5.87. The zero-order valence-electron chi connectivity index (χ0n) is 10.3. The van der Waals surface area contributed by atoms with Crippen LogP contribution in [-0.4, -0.2) is 11.1 Å². The predicted octanol–water partition coefficient (Wildman–Crippen LogP) is 2.93. The van der Waals surface area contributed by atoms with Gasteiger partial charge in [0.15, 0.2) is 6.10 Å². The Labute approximate surface area is 111 Å². The van der Waals surface area contributed by atoms with E-state index in [1.165, 1.54) is 0 Å². The molecule has 2 aromatic rings. The number of carbonyl (C=O) groups excluding carboxylic acids is 1. The van der Waals surface area contributed by atoms with Gasteiger partial charge in [0.05, 0.1) is 0 Å². The molecule has 0 aliphatic rings. The average molecular weight is 254 g/mol. The first-order chi connectivity index (χ1) is 9.18. The van der Waals surface area contributed by atoms with Crippen molar-refractivity contribution in [2.24, 2.45) is 0 Å². The second-order valence-corrected chi connectivity index (χ2v) is 4.02. The van der Waals surface area contributed by atoms with Crippen molar-refractivity contribution in [3.8, 4) is 0 Å². The first-order valence-corrected chi connectivity index (χ1v) is 5.87. The van der Waals surface area contributed by atoms with Gasteiger partial charge in [-0.1, -0.05) is 67.2 Å². The van der Waals surface area contributed by atoms with Gasteiger partial charge in [-0.2, -0.15) is 0 Å². The number of benzene rings is 2. The highest BCUT2D eigenvalue weighted by Gasteiger charge is 2.20. The lowest BCUT2D eigenvalue weighted by Crippen LogP contribution is -2.14. The van der Waals surface area contributed by atoms with E-state index < -0.39 is 12.1 Å². The summed E-state index contributed by atoms with van der Waals surface area (Å²) >= 11 is 0. The van der Waals surface area contributed by atoms with Crippen molar-refractivity contribution in [1.29, 1.82) is 0 Å². The van der Waals surface area contributed by atoms with E-state index in [4.69, 9.17) is 4.74 Å². The van der Waals surface area contributed by atoms with E-state index >= 15 is 0 Å². The fourth-order valence-corrected chi connectivity index (χ4v) is 1.63. The Morgan fingerprint density at radius 3 is 2.11 bits per heavy atom. The third-order valence-corrected chi connectivity index (χ3v) is 2.66. The van der Waals surface area contributed by atoms with Gasteiger partial charge in [-0.25, -0.2) is 4.79 Å². The van der Waals surface area contributed by atoms with E-state index in [0.29, 0.717) is 11.1 Å². The molecule has 19 heavy (non-hydrogen) atoms. The van der Waals surface area contributed by atoms with E-state index in [-0.39, 0.29) is 5.76 Å². The molecule has 0 heterocycles. The Morgan fingerprint density at radius 1 is 1.00 bits per heavy atom. The highest BCUT2D eigenvalue weighted by atomic mass is 16.6. The van der Waals surface area contributed by atoms with Crippen molar-refractivity contribution < 1.29 is 14.6 Å². The van der Waals surface area contributed by atoms with Crippen LogP contribution in [0.5, 0.6) is 0 Å². The molecule has 1 atom stereocenters. The number of esters is 1. The molecule has 3 heteroatoms. The van der Waals surface area contributed by atoms with Crippen LogP contribution in [0.3, 0.4) is 0 Å². The van der Waals surface area contributed by atoms with Crippen LogP contribution in [0.2, 0.25) is 0 Å². The molecule has 0 radical (unpaired) electrons. The Balaban J connectivity index is 2.04. The standard InChI is InChI=1S/C16H14O3/c1-12(13-8-4-2-5-9-13)19-16(18)15(17)14-10-6-3-7-11-14/h2-11,15,17H,1H2/t15-/m1/s1. The summed E-state index contributed by atoms with van der Waals surface area (Å²) in [5.41, 5.74) is 1.20. The smallest absolute Gasteiger partial charge is 0.345 e. The second kappa shape index (κ2) is 5.98. The lowest BCUT2D eigenvalue weighted by molar-refractivity contribution is -0.146. The Hall–Kier alpha value is -2.39. The molecule has 0 saturated heterocycles. The summed E-state index contributed by atoms with van der Waals surface area (Å²) in [6.45, 7) is 3.69. The van der Waals surface area contributed by atoms with Crippen molar-refractivity contribution in [1.82, 2.24) is 0 Å². The molecule has 2 aromatic carbocycles. The van der Waals surface area contributed by atoms with Gasteiger partial charge in [-0.15, -0.1) is 0 Å². The van der Waals surface area contributed by atoms with Crippen LogP contribution in [0, 0.1) is 0 Å². The van der Waals surface area contributed by atoms with Gasteiger partial charge in [0.1, 0.15) is 5.76 Å². The molecule has 0 amide bonds. The topological polar surface area (TPSA) is 46.5 Å². The van der Waals surface area contributed by atoms with Crippen LogP contribution in [0.1, 0.15) is 17.2 Å². The third kappa shape index (κ3) is 3.30. The van der Waals surface area contributed by atoms with Crippen molar-refractivity contribution in [3.63, 3.8) is 0 Å². The monoisotopic (exact) mass is 254 g/mol. The molecule has 96 valence electrons. The van der Waals surface area contributed by atoms with Crippen LogP contribution in [-0.2, 0) is 9.53 Å². The molecule has 3 nitrogen and oxygen atoms in total. The number of aliphatic hydroxyl groups is 1. The minimum absolute atomic E-state index is 0.223. The second-order valence-electron chi connectivity index (χ2n) is 4.02. The summed E-state index contributed by atoms with van der Waals surface area (Å²) in [7, 11) is 0. The van der Waals surface area contributed by atoms with Crippen LogP contribution in [0.15, 0.2) is 67.2 Å². The third-order valence-electron chi connectivity index (χ3n) is 2.66. The lowest BCUT2D eigenvalue weighted by Gasteiger charge is -2.12. The van der Waals surface area contributed by atoms with Crippen molar-refractivity contribution in [2.75, 3.05) is 0 Å². The summed E-state index contributed by atoms with van der Waals surface area (Å²) in [5, 5.41) is 9.87. The van der Waals surface area contributed by atoms with E-state index in [1.807, 2.05) is 24.3 Å². The van der Waals surface area contributed by atoms with Crippen molar-refractivity contribution >= 4 is 11.7 Å². The lowest BCUT2D eigenvalue weighted by atomic mass is 10.1. The number of hydrogen-bond donors (Lipinski definition) is 1. The zero-order valence-corrected chi connectivity index (χ0v) is 10.3. The molecule has 0 bridgehead atoms. The van der Waals surface area contributed by atoms with Gasteiger partial charge in [-0.3, -0.25) is 0 Å². The maximum Gasteiger partial charge on any atom is 0.345 e. The van der Waals surface area contributed by atoms with Gasteiger partial charge in [0.25, 0.3) is 0 Å². The molecule has 0 fully saturated rings. The van der Waals surface area contributed by atoms with Crippen LogP contribution >= 0.6 is 0 Å². The minimum Gasteiger partial charge on any atom is -0.424 e. The normalized spacial score (nSPS) is 11.6. The summed E-state index contributed by atoms with van der Waals surface area (Å²) < 4.78 is 5.07. The van der Waals surface area contributed by atoms with Gasteiger partial charge < -0.3 is 9.84 Å². The van der Waals surface area contributed by atoms with E-state index in [9.17, 15) is 9.90 Å². The van der Waals surface area contributed by atoms with E-state index in [0.717, 1.165) is 0 Å². The van der Waals surface area contributed by atoms with Gasteiger partial charge >= 0.3 is 5.97 Å². The Kier molecular flexibility index (Phi) is 4.11. The van der Waals surface area contributed by atoms with Crippen molar-refractivity contribution in [2.45, 2.75) is 6.10 Å². The maximum atomic E-state index is 11.8. The van der Waals surface area contributed by atoms with Gasteiger partial charge in [-0.05, 0) is 5.56 Å². The average Bonchev–Trinajstić information content (AvgIpc) is 2.48. The molecular weight excluding hydrogens is 240 g/mol. The van der Waals surface area contributed by atoms with Gasteiger partial charge in [0, 0.05) is 5.56 Å². The molecular formula is C16H14O3. The molecule has 0 aliphatic heterocycles. The number of hydrogen-bond acceptors (Lipinski definition) is 3. The van der Waals surface area contributed by atoms with Crippen LogP contribution < -0.4 is 0 Å². The maximum absolute atomic E-state index is 11.8. The summed E-state index contributed by atoms with van der Waals surface area (Å²) in [5.74, 6) is -0.513. The number of aliphatic hydroxyl groups excluding tert-OH is 1. The fraction of sp³-hybridized carbons (Fsp3) is 0.0625. The molecule has 0 aromatic heterocycles. The molecule has 0 saturated carbocycles. The summed E-state index contributed by atoms with van der Waals surface area (Å²) in [4.78, 5) is 11.8. The van der Waals surface area contributed by atoms with Crippen LogP contribution in [0.25, 0.3) is 5.76 Å². The van der Waals surface area contributed by atoms with E-state index in [2.05, 4.69) is 6.58 Å². The number of carbonyl (C=O) groups is 1. The van der Waals surface area contributed by atoms with Crippen LogP contribution in [0.4, 0.5) is 0 Å². The molecule has 0 unspecified atom stereocenters. The molecule has 1 N–H and O–H groups in total. The van der Waals surface area contributed by atoms with Crippen molar-refractivity contribution in [3.05, 3.63) is 78.4 Å². The van der Waals surface area contributed by atoms with E-state index in [1.54, 1.807) is 36.4 Å². The number of rotatable bonds is 4. The fourth-order valence-electron chi connectivity index (χ4n) is 1.63. The SMILES string of the molecule is C=C(OC(=O)[C@H](O)c1ccccc1)c1ccccc1. The summed E-state index contributed by atoms with van der Waals surface area (Å²) in [6, 6.07) is 17.7. The molecule has 0 aliphatic carbocycles. The Bertz CT molecular complexity index is 561. The highest BCUT2D eigenvalue weighted by molar-refractivity contribution is 5.82.